The Hall–Kier alpha value is -0.580. The lowest BCUT2D eigenvalue weighted by Gasteiger charge is -2.36. The average molecular weight is 356 g/mol. The van der Waals surface area contributed by atoms with E-state index in [1.165, 1.54) is 5.56 Å². The highest BCUT2D eigenvalue weighted by molar-refractivity contribution is 9.10. The van der Waals surface area contributed by atoms with Crippen LogP contribution < -0.4 is 10.1 Å². The summed E-state index contributed by atoms with van der Waals surface area (Å²) >= 11 is 3.52. The Morgan fingerprint density at radius 3 is 2.67 bits per heavy atom. The molecule has 4 heteroatoms. The summed E-state index contributed by atoms with van der Waals surface area (Å²) in [7, 11) is 1.67. The van der Waals surface area contributed by atoms with Gasteiger partial charge in [-0.2, -0.15) is 0 Å². The minimum absolute atomic E-state index is 0.204. The largest absolute Gasteiger partial charge is 0.496 e. The molecule has 1 aliphatic carbocycles. The molecule has 1 fully saturated rings. The van der Waals surface area contributed by atoms with Gasteiger partial charge in [0.05, 0.1) is 17.2 Å². The molecular formula is C17H26BrNO2. The summed E-state index contributed by atoms with van der Waals surface area (Å²) in [5, 5.41) is 14.1. The zero-order chi connectivity index (χ0) is 15.5. The summed E-state index contributed by atoms with van der Waals surface area (Å²) in [6.45, 7) is 5.05. The molecule has 1 aromatic rings. The number of aliphatic hydroxyl groups is 1. The normalized spacial score (nSPS) is 27.4. The van der Waals surface area contributed by atoms with E-state index in [2.05, 4.69) is 47.2 Å². The fourth-order valence-corrected chi connectivity index (χ4v) is 3.45. The van der Waals surface area contributed by atoms with Crippen molar-refractivity contribution < 1.29 is 9.84 Å². The summed E-state index contributed by atoms with van der Waals surface area (Å²) in [5.41, 5.74) is 0.653. The zero-order valence-electron chi connectivity index (χ0n) is 13.2. The summed E-state index contributed by atoms with van der Waals surface area (Å²) in [6.07, 6.45) is 4.06. The van der Waals surface area contributed by atoms with Gasteiger partial charge in [0.2, 0.25) is 0 Å². The van der Waals surface area contributed by atoms with E-state index in [1.54, 1.807) is 7.11 Å². The highest BCUT2D eigenvalue weighted by atomic mass is 79.9. The average Bonchev–Trinajstić information content (AvgIpc) is 2.48. The Labute approximate surface area is 136 Å². The molecule has 0 amide bonds. The standard InChI is InChI=1S/C17H26BrNO2/c1-12-6-8-17(20,9-7-12)11-19-13(2)14-4-5-16(21-3)15(18)10-14/h4-5,10,12-13,19-20H,6-9,11H2,1-3H3. The minimum atomic E-state index is -0.537. The van der Waals surface area contributed by atoms with E-state index in [-0.39, 0.29) is 6.04 Å². The summed E-state index contributed by atoms with van der Waals surface area (Å²) in [5.74, 6) is 1.59. The van der Waals surface area contributed by atoms with Gasteiger partial charge in [-0.15, -0.1) is 0 Å². The zero-order valence-corrected chi connectivity index (χ0v) is 14.7. The van der Waals surface area contributed by atoms with Crippen molar-refractivity contribution in [1.82, 2.24) is 5.32 Å². The topological polar surface area (TPSA) is 41.5 Å². The fraction of sp³-hybridized carbons (Fsp3) is 0.647. The molecule has 2 N–H and O–H groups in total. The molecule has 118 valence electrons. The van der Waals surface area contributed by atoms with Gasteiger partial charge >= 0.3 is 0 Å². The molecule has 1 atom stereocenters. The molecule has 1 aromatic carbocycles. The Kier molecular flexibility index (Phi) is 5.69. The van der Waals surface area contributed by atoms with Crippen LogP contribution in [0.1, 0.15) is 51.1 Å². The molecule has 2 rings (SSSR count). The first-order chi connectivity index (χ1) is 9.93. The molecule has 0 aromatic heterocycles. The van der Waals surface area contributed by atoms with Crippen LogP contribution in [0.15, 0.2) is 22.7 Å². The van der Waals surface area contributed by atoms with Crippen molar-refractivity contribution in [3.05, 3.63) is 28.2 Å². The first kappa shape index (κ1) is 16.8. The predicted molar refractivity (Wildman–Crippen MR) is 89.7 cm³/mol. The fourth-order valence-electron chi connectivity index (χ4n) is 2.89. The Balaban J connectivity index is 1.92. The van der Waals surface area contributed by atoms with E-state index >= 15 is 0 Å². The molecule has 0 saturated heterocycles. The van der Waals surface area contributed by atoms with Crippen LogP contribution in [-0.2, 0) is 0 Å². The lowest BCUT2D eigenvalue weighted by atomic mass is 9.79. The smallest absolute Gasteiger partial charge is 0.133 e. The number of halogens is 1. The quantitative estimate of drug-likeness (QED) is 0.836. The second kappa shape index (κ2) is 7.12. The van der Waals surface area contributed by atoms with Crippen molar-refractivity contribution in [2.24, 2.45) is 5.92 Å². The molecule has 1 unspecified atom stereocenters. The Bertz CT molecular complexity index is 470. The number of hydrogen-bond donors (Lipinski definition) is 2. The maximum atomic E-state index is 10.6. The van der Waals surface area contributed by atoms with Crippen LogP contribution in [-0.4, -0.2) is 24.4 Å². The van der Waals surface area contributed by atoms with Gasteiger partial charge in [0.25, 0.3) is 0 Å². The van der Waals surface area contributed by atoms with Crippen LogP contribution in [0.5, 0.6) is 5.75 Å². The molecule has 21 heavy (non-hydrogen) atoms. The summed E-state index contributed by atoms with van der Waals surface area (Å²) in [6, 6.07) is 6.31. The van der Waals surface area contributed by atoms with Gasteiger partial charge in [0.15, 0.2) is 0 Å². The molecule has 3 nitrogen and oxygen atoms in total. The Morgan fingerprint density at radius 1 is 1.43 bits per heavy atom. The number of ether oxygens (including phenoxy) is 1. The predicted octanol–water partition coefficient (Wildman–Crippen LogP) is 4.05. The molecule has 0 radical (unpaired) electrons. The van der Waals surface area contributed by atoms with Gasteiger partial charge in [-0.25, -0.2) is 0 Å². The number of nitrogens with one attached hydrogen (secondary N) is 1. The molecule has 0 spiro atoms. The highest BCUT2D eigenvalue weighted by Gasteiger charge is 2.31. The van der Waals surface area contributed by atoms with E-state index in [1.807, 2.05) is 6.07 Å². The van der Waals surface area contributed by atoms with Gasteiger partial charge in [0, 0.05) is 12.6 Å². The van der Waals surface area contributed by atoms with Gasteiger partial charge in [0.1, 0.15) is 5.75 Å². The second-order valence-corrected chi connectivity index (χ2v) is 7.26. The van der Waals surface area contributed by atoms with Crippen LogP contribution in [0.4, 0.5) is 0 Å². The van der Waals surface area contributed by atoms with Crippen LogP contribution in [0.3, 0.4) is 0 Å². The van der Waals surface area contributed by atoms with Crippen LogP contribution >= 0.6 is 15.9 Å². The molecule has 0 bridgehead atoms. The SMILES string of the molecule is COc1ccc(C(C)NCC2(O)CCC(C)CC2)cc1Br. The first-order valence-corrected chi connectivity index (χ1v) is 8.52. The number of benzene rings is 1. The maximum Gasteiger partial charge on any atom is 0.133 e. The Morgan fingerprint density at radius 2 is 2.10 bits per heavy atom. The number of rotatable bonds is 5. The van der Waals surface area contributed by atoms with Crippen molar-refractivity contribution in [2.75, 3.05) is 13.7 Å². The van der Waals surface area contributed by atoms with E-state index in [9.17, 15) is 5.11 Å². The highest BCUT2D eigenvalue weighted by Crippen LogP contribution is 2.32. The monoisotopic (exact) mass is 355 g/mol. The lowest BCUT2D eigenvalue weighted by Crippen LogP contribution is -2.44. The van der Waals surface area contributed by atoms with Gasteiger partial charge in [-0.05, 0) is 72.2 Å². The minimum Gasteiger partial charge on any atom is -0.496 e. The first-order valence-electron chi connectivity index (χ1n) is 7.73. The third-order valence-electron chi connectivity index (χ3n) is 4.62. The van der Waals surface area contributed by atoms with Crippen LogP contribution in [0, 0.1) is 5.92 Å². The molecule has 1 saturated carbocycles. The summed E-state index contributed by atoms with van der Waals surface area (Å²) in [4.78, 5) is 0. The molecule has 1 aliphatic rings. The van der Waals surface area contributed by atoms with Gasteiger partial charge in [-0.1, -0.05) is 13.0 Å². The second-order valence-electron chi connectivity index (χ2n) is 6.40. The summed E-state index contributed by atoms with van der Waals surface area (Å²) < 4.78 is 6.21. The molecule has 0 aliphatic heterocycles. The number of hydrogen-bond acceptors (Lipinski definition) is 3. The van der Waals surface area contributed by atoms with E-state index in [4.69, 9.17) is 4.74 Å². The van der Waals surface area contributed by atoms with Gasteiger partial charge in [-0.3, -0.25) is 0 Å². The van der Waals surface area contributed by atoms with E-state index in [0.717, 1.165) is 41.8 Å². The molecule has 0 heterocycles. The van der Waals surface area contributed by atoms with Crippen LogP contribution in [0.25, 0.3) is 0 Å². The van der Waals surface area contributed by atoms with Crippen molar-refractivity contribution in [2.45, 2.75) is 51.2 Å². The maximum absolute atomic E-state index is 10.6. The van der Waals surface area contributed by atoms with E-state index < -0.39 is 5.60 Å². The number of methoxy groups -OCH3 is 1. The third kappa shape index (κ3) is 4.44. The van der Waals surface area contributed by atoms with Crippen molar-refractivity contribution in [3.8, 4) is 5.75 Å². The van der Waals surface area contributed by atoms with Gasteiger partial charge < -0.3 is 15.2 Å². The van der Waals surface area contributed by atoms with Crippen molar-refractivity contribution in [1.29, 1.82) is 0 Å². The van der Waals surface area contributed by atoms with Crippen molar-refractivity contribution in [3.63, 3.8) is 0 Å². The van der Waals surface area contributed by atoms with Crippen LogP contribution in [0.2, 0.25) is 0 Å². The lowest BCUT2D eigenvalue weighted by molar-refractivity contribution is -0.00784. The molecular weight excluding hydrogens is 330 g/mol. The van der Waals surface area contributed by atoms with E-state index in [0.29, 0.717) is 6.54 Å². The van der Waals surface area contributed by atoms with Crippen molar-refractivity contribution >= 4 is 15.9 Å². The third-order valence-corrected chi connectivity index (χ3v) is 5.24.